The summed E-state index contributed by atoms with van der Waals surface area (Å²) in [6.07, 6.45) is 3.85. The largest absolute Gasteiger partial charge is 0.491 e. The minimum Gasteiger partial charge on any atom is -0.491 e. The first-order valence-corrected chi connectivity index (χ1v) is 14.3. The Balaban J connectivity index is 1.78. The number of nitrogens with one attached hydrogen (secondary N) is 3. The van der Waals surface area contributed by atoms with E-state index in [1.165, 1.54) is 6.92 Å². The van der Waals surface area contributed by atoms with Crippen LogP contribution in [0.4, 0.5) is 0 Å². The molecule has 0 unspecified atom stereocenters. The smallest absolute Gasteiger partial charge is 0.246 e. The number of rotatable bonds is 15. The molecule has 1 aromatic rings. The first-order valence-electron chi connectivity index (χ1n) is 14.3. The molecular formula is C29H46N5O6+. The molecule has 4 N–H and O–H groups in total. The van der Waals surface area contributed by atoms with Crippen LogP contribution in [-0.4, -0.2) is 104 Å². The third kappa shape index (κ3) is 8.66. The van der Waals surface area contributed by atoms with Crippen LogP contribution in [0.2, 0.25) is 0 Å². The Hall–Kier alpha value is -3.18. The van der Waals surface area contributed by atoms with Gasteiger partial charge in [0.1, 0.15) is 24.4 Å². The van der Waals surface area contributed by atoms with Crippen LogP contribution in [-0.2, 0) is 19.2 Å². The summed E-state index contributed by atoms with van der Waals surface area (Å²) in [5, 5.41) is 17.8. The predicted molar refractivity (Wildman–Crippen MR) is 150 cm³/mol. The van der Waals surface area contributed by atoms with Crippen molar-refractivity contribution in [3.63, 3.8) is 0 Å². The number of piperazine rings is 1. The molecule has 1 aromatic carbocycles. The van der Waals surface area contributed by atoms with Gasteiger partial charge in [-0.1, -0.05) is 12.1 Å². The SMILES string of the molecule is CC(=O)NCCCC[C@@H]1NC(=O)[C@H]2C[C@@H](C(=O)NCCCC[N+](C)(C)C)[C@@H](c3cccc(OCCO)c3)N2C1=O. The van der Waals surface area contributed by atoms with Crippen molar-refractivity contribution >= 4 is 23.6 Å². The van der Waals surface area contributed by atoms with Gasteiger partial charge in [-0.2, -0.15) is 0 Å². The number of hydrogen-bond donors (Lipinski definition) is 4. The Morgan fingerprint density at radius 1 is 1.10 bits per heavy atom. The van der Waals surface area contributed by atoms with Gasteiger partial charge >= 0.3 is 0 Å². The standard InChI is InChI=1S/C29H45N5O6/c1-20(36)30-13-6-5-12-24-29(39)33-25(28(38)32-24)19-23(27(37)31-14-7-8-15-34(2,3)4)26(33)21-10-9-11-22(18-21)40-17-16-35/h9-11,18,23-26,35H,5-8,12-17,19H2,1-4H3,(H2-,30,31,32,36,37,38)/p+1/t23-,24+,25-,26-/m1/s1. The zero-order chi connectivity index (χ0) is 29.3. The van der Waals surface area contributed by atoms with E-state index in [4.69, 9.17) is 4.74 Å². The average Bonchev–Trinajstić information content (AvgIpc) is 3.31. The molecule has 4 atom stereocenters. The minimum atomic E-state index is -0.732. The zero-order valence-electron chi connectivity index (χ0n) is 24.3. The van der Waals surface area contributed by atoms with Crippen LogP contribution in [0.5, 0.6) is 5.75 Å². The van der Waals surface area contributed by atoms with Gasteiger partial charge in [0, 0.05) is 20.0 Å². The Morgan fingerprint density at radius 2 is 1.82 bits per heavy atom. The molecule has 0 aliphatic carbocycles. The van der Waals surface area contributed by atoms with Crippen molar-refractivity contribution in [3.8, 4) is 5.75 Å². The lowest BCUT2D eigenvalue weighted by molar-refractivity contribution is -0.870. The summed E-state index contributed by atoms with van der Waals surface area (Å²) >= 11 is 0. The van der Waals surface area contributed by atoms with Gasteiger partial charge in [0.2, 0.25) is 23.6 Å². The molecule has 40 heavy (non-hydrogen) atoms. The second kappa shape index (κ2) is 14.5. The van der Waals surface area contributed by atoms with Crippen LogP contribution in [0.25, 0.3) is 0 Å². The minimum absolute atomic E-state index is 0.104. The molecule has 2 aliphatic heterocycles. The molecule has 2 aliphatic rings. The number of nitrogens with zero attached hydrogens (tertiary/aromatic N) is 2. The van der Waals surface area contributed by atoms with E-state index in [0.717, 1.165) is 29.4 Å². The molecule has 2 fully saturated rings. The highest BCUT2D eigenvalue weighted by Crippen LogP contribution is 2.44. The van der Waals surface area contributed by atoms with E-state index in [-0.39, 0.29) is 43.3 Å². The van der Waals surface area contributed by atoms with Crippen LogP contribution in [0, 0.1) is 5.92 Å². The van der Waals surface area contributed by atoms with Gasteiger partial charge in [-0.15, -0.1) is 0 Å². The lowest BCUT2D eigenvalue weighted by Gasteiger charge is -2.38. The fourth-order valence-electron chi connectivity index (χ4n) is 5.49. The number of carbonyl (C=O) groups excluding carboxylic acids is 4. The predicted octanol–water partition coefficient (Wildman–Crippen LogP) is 0.723. The third-order valence-corrected chi connectivity index (χ3v) is 7.41. The number of aliphatic hydroxyl groups excluding tert-OH is 1. The molecule has 0 saturated carbocycles. The number of ether oxygens (including phenoxy) is 1. The maximum Gasteiger partial charge on any atom is 0.246 e. The lowest BCUT2D eigenvalue weighted by Crippen LogP contribution is -2.61. The molecule has 0 bridgehead atoms. The molecule has 0 aromatic heterocycles. The fourth-order valence-corrected chi connectivity index (χ4v) is 5.49. The summed E-state index contributed by atoms with van der Waals surface area (Å²) in [6.45, 7) is 3.49. The summed E-state index contributed by atoms with van der Waals surface area (Å²) in [5.41, 5.74) is 0.718. The molecule has 4 amide bonds. The van der Waals surface area contributed by atoms with Gasteiger partial charge in [-0.25, -0.2) is 0 Å². The quantitative estimate of drug-likeness (QED) is 0.184. The van der Waals surface area contributed by atoms with E-state index in [9.17, 15) is 24.3 Å². The van der Waals surface area contributed by atoms with Crippen molar-refractivity contribution in [3.05, 3.63) is 29.8 Å². The second-order valence-electron chi connectivity index (χ2n) is 11.7. The molecule has 2 saturated heterocycles. The number of hydrogen-bond acceptors (Lipinski definition) is 6. The number of quaternary nitrogens is 1. The van der Waals surface area contributed by atoms with Crippen molar-refractivity contribution in [2.45, 2.75) is 63.6 Å². The molecule has 222 valence electrons. The Labute approximate surface area is 237 Å². The molecule has 11 heteroatoms. The first kappa shape index (κ1) is 31.3. The van der Waals surface area contributed by atoms with Crippen molar-refractivity contribution in [1.82, 2.24) is 20.9 Å². The van der Waals surface area contributed by atoms with E-state index in [1.54, 1.807) is 23.1 Å². The van der Waals surface area contributed by atoms with Crippen LogP contribution >= 0.6 is 0 Å². The van der Waals surface area contributed by atoms with Gasteiger partial charge in [-0.3, -0.25) is 19.2 Å². The maximum atomic E-state index is 13.8. The highest BCUT2D eigenvalue weighted by molar-refractivity contribution is 5.99. The van der Waals surface area contributed by atoms with Crippen molar-refractivity contribution in [2.24, 2.45) is 5.92 Å². The number of benzene rings is 1. The number of fused-ring (bicyclic) bond motifs is 1. The molecular weight excluding hydrogens is 514 g/mol. The molecule has 11 nitrogen and oxygen atoms in total. The Kier molecular flexibility index (Phi) is 11.3. The Morgan fingerprint density at radius 3 is 2.52 bits per heavy atom. The highest BCUT2D eigenvalue weighted by Gasteiger charge is 2.54. The number of carbonyl (C=O) groups is 4. The van der Waals surface area contributed by atoms with Crippen molar-refractivity contribution in [1.29, 1.82) is 0 Å². The first-order chi connectivity index (χ1) is 19.0. The summed E-state index contributed by atoms with van der Waals surface area (Å²) in [4.78, 5) is 53.2. The van der Waals surface area contributed by atoms with E-state index in [1.807, 2.05) is 6.07 Å². The summed E-state index contributed by atoms with van der Waals surface area (Å²) < 4.78 is 6.46. The fraction of sp³-hybridized carbons (Fsp3) is 0.655. The van der Waals surface area contributed by atoms with Gasteiger partial charge in [0.25, 0.3) is 0 Å². The van der Waals surface area contributed by atoms with Crippen molar-refractivity contribution in [2.75, 3.05) is 54.0 Å². The van der Waals surface area contributed by atoms with Crippen LogP contribution < -0.4 is 20.7 Å². The number of unbranched alkanes of at least 4 members (excludes halogenated alkanes) is 2. The van der Waals surface area contributed by atoms with Crippen LogP contribution in [0.3, 0.4) is 0 Å². The third-order valence-electron chi connectivity index (χ3n) is 7.41. The zero-order valence-corrected chi connectivity index (χ0v) is 24.3. The highest BCUT2D eigenvalue weighted by atomic mass is 16.5. The molecule has 0 spiro atoms. The molecule has 2 heterocycles. The molecule has 3 rings (SSSR count). The summed E-state index contributed by atoms with van der Waals surface area (Å²) in [6, 6.07) is 5.16. The second-order valence-corrected chi connectivity index (χ2v) is 11.7. The van der Waals surface area contributed by atoms with Gasteiger partial charge < -0.3 is 35.2 Å². The average molecular weight is 561 g/mol. The van der Waals surface area contributed by atoms with E-state index < -0.39 is 24.0 Å². The topological polar surface area (TPSA) is 137 Å². The summed E-state index contributed by atoms with van der Waals surface area (Å²) in [7, 11) is 6.40. The maximum absolute atomic E-state index is 13.8. The van der Waals surface area contributed by atoms with Crippen LogP contribution in [0.1, 0.15) is 57.1 Å². The normalized spacial score (nSPS) is 22.5. The molecule has 0 radical (unpaired) electrons. The van der Waals surface area contributed by atoms with Gasteiger partial charge in [0.15, 0.2) is 0 Å². The monoisotopic (exact) mass is 560 g/mol. The lowest BCUT2D eigenvalue weighted by atomic mass is 9.92. The van der Waals surface area contributed by atoms with E-state index >= 15 is 0 Å². The van der Waals surface area contributed by atoms with Gasteiger partial charge in [0.05, 0.1) is 46.3 Å². The summed E-state index contributed by atoms with van der Waals surface area (Å²) in [5.74, 6) is -0.787. The van der Waals surface area contributed by atoms with Gasteiger partial charge in [-0.05, 0) is 56.2 Å². The van der Waals surface area contributed by atoms with Crippen molar-refractivity contribution < 1.29 is 33.5 Å². The van der Waals surface area contributed by atoms with Crippen LogP contribution in [0.15, 0.2) is 24.3 Å². The Bertz CT molecular complexity index is 1040. The number of amides is 4. The number of aliphatic hydroxyl groups is 1. The van der Waals surface area contributed by atoms with E-state index in [2.05, 4.69) is 37.1 Å². The van der Waals surface area contributed by atoms with E-state index in [0.29, 0.717) is 38.1 Å².